The van der Waals surface area contributed by atoms with E-state index in [0.29, 0.717) is 12.3 Å². The fraction of sp³-hybridized carbons (Fsp3) is 0.706. The van der Waals surface area contributed by atoms with Crippen LogP contribution in [0.2, 0.25) is 0 Å². The Labute approximate surface area is 131 Å². The first kappa shape index (κ1) is 15.0. The van der Waals surface area contributed by atoms with E-state index in [-0.39, 0.29) is 24.0 Å². The zero-order valence-corrected chi connectivity index (χ0v) is 13.5. The predicted molar refractivity (Wildman–Crippen MR) is 85.3 cm³/mol. The molecule has 2 fully saturated rings. The molecule has 21 heavy (non-hydrogen) atoms. The summed E-state index contributed by atoms with van der Waals surface area (Å²) in [5.41, 5.74) is 0. The standard InChI is InChI=1S/C17H25NO2S/c1-12-6-7-16(19)14(10-12)15-5-2-8-18(15)17(20)11-13-4-3-9-21-13/h3-4,9,12,14-16,19H,2,5-8,10-11H2,1H3. The van der Waals surface area contributed by atoms with E-state index in [2.05, 4.69) is 11.8 Å². The number of rotatable bonds is 3. The van der Waals surface area contributed by atoms with Gasteiger partial charge in [0.25, 0.3) is 0 Å². The summed E-state index contributed by atoms with van der Waals surface area (Å²) in [5, 5.41) is 12.4. The zero-order chi connectivity index (χ0) is 14.8. The Bertz CT molecular complexity index is 473. The number of amides is 1. The number of thiophene rings is 1. The minimum Gasteiger partial charge on any atom is -0.393 e. The molecule has 116 valence electrons. The molecular formula is C17H25NO2S. The summed E-state index contributed by atoms with van der Waals surface area (Å²) in [5.74, 6) is 1.20. The van der Waals surface area contributed by atoms with Gasteiger partial charge in [-0.2, -0.15) is 0 Å². The minimum absolute atomic E-state index is 0.221. The van der Waals surface area contributed by atoms with Crippen LogP contribution in [0.25, 0.3) is 0 Å². The number of aliphatic hydroxyl groups is 1. The number of hydrogen-bond acceptors (Lipinski definition) is 3. The summed E-state index contributed by atoms with van der Waals surface area (Å²) in [6.45, 7) is 3.14. The largest absolute Gasteiger partial charge is 0.393 e. The average molecular weight is 307 g/mol. The molecular weight excluding hydrogens is 282 g/mol. The summed E-state index contributed by atoms with van der Waals surface area (Å²) >= 11 is 1.65. The summed E-state index contributed by atoms with van der Waals surface area (Å²) < 4.78 is 0. The van der Waals surface area contributed by atoms with Gasteiger partial charge in [0.05, 0.1) is 12.5 Å². The summed E-state index contributed by atoms with van der Waals surface area (Å²) in [6, 6.07) is 4.29. The molecule has 3 nitrogen and oxygen atoms in total. The lowest BCUT2D eigenvalue weighted by molar-refractivity contribution is -0.133. The number of carbonyl (C=O) groups excluding carboxylic acids is 1. The molecule has 4 atom stereocenters. The smallest absolute Gasteiger partial charge is 0.228 e. The van der Waals surface area contributed by atoms with Crippen molar-refractivity contribution in [1.29, 1.82) is 0 Å². The number of carbonyl (C=O) groups is 1. The Hall–Kier alpha value is -0.870. The van der Waals surface area contributed by atoms with Crippen LogP contribution in [0.1, 0.15) is 43.9 Å². The minimum atomic E-state index is -0.221. The zero-order valence-electron chi connectivity index (χ0n) is 12.7. The van der Waals surface area contributed by atoms with E-state index in [1.54, 1.807) is 11.3 Å². The first-order chi connectivity index (χ1) is 10.1. The highest BCUT2D eigenvalue weighted by atomic mass is 32.1. The van der Waals surface area contributed by atoms with Crippen molar-refractivity contribution in [3.05, 3.63) is 22.4 Å². The summed E-state index contributed by atoms with van der Waals surface area (Å²) in [6.07, 6.45) is 5.52. The molecule has 2 heterocycles. The van der Waals surface area contributed by atoms with E-state index in [1.807, 2.05) is 17.5 Å². The van der Waals surface area contributed by atoms with Crippen LogP contribution in [-0.4, -0.2) is 34.6 Å². The van der Waals surface area contributed by atoms with E-state index in [4.69, 9.17) is 0 Å². The molecule has 3 rings (SSSR count). The molecule has 1 aromatic heterocycles. The maximum atomic E-state index is 12.6. The molecule has 0 aromatic carbocycles. The number of aliphatic hydroxyl groups excluding tert-OH is 1. The molecule has 2 aliphatic rings. The molecule has 0 spiro atoms. The molecule has 4 heteroatoms. The molecule has 1 saturated heterocycles. The van der Waals surface area contributed by atoms with Crippen LogP contribution in [0.5, 0.6) is 0 Å². The Morgan fingerprint density at radius 3 is 3.05 bits per heavy atom. The SMILES string of the molecule is CC1CCC(O)C(C2CCCN2C(=O)Cc2cccs2)C1. The van der Waals surface area contributed by atoms with Crippen molar-refractivity contribution < 1.29 is 9.90 Å². The Morgan fingerprint density at radius 2 is 2.29 bits per heavy atom. The van der Waals surface area contributed by atoms with Crippen LogP contribution >= 0.6 is 11.3 Å². The Kier molecular flexibility index (Phi) is 4.65. The van der Waals surface area contributed by atoms with Gasteiger partial charge in [0.15, 0.2) is 0 Å². The molecule has 1 aliphatic carbocycles. The van der Waals surface area contributed by atoms with Gasteiger partial charge in [0, 0.05) is 23.4 Å². The highest BCUT2D eigenvalue weighted by Crippen LogP contribution is 2.37. The first-order valence-corrected chi connectivity index (χ1v) is 9.03. The van der Waals surface area contributed by atoms with E-state index >= 15 is 0 Å². The number of hydrogen-bond donors (Lipinski definition) is 1. The van der Waals surface area contributed by atoms with Crippen LogP contribution in [0.4, 0.5) is 0 Å². The average Bonchev–Trinajstić information content (AvgIpc) is 3.12. The second-order valence-electron chi connectivity index (χ2n) is 6.70. The second kappa shape index (κ2) is 6.49. The lowest BCUT2D eigenvalue weighted by Crippen LogP contribution is -2.46. The molecule has 4 unspecified atom stereocenters. The lowest BCUT2D eigenvalue weighted by Gasteiger charge is -2.39. The number of likely N-dealkylation sites (tertiary alicyclic amines) is 1. The van der Waals surface area contributed by atoms with Gasteiger partial charge in [-0.15, -0.1) is 11.3 Å². The van der Waals surface area contributed by atoms with Crippen LogP contribution in [0, 0.1) is 11.8 Å². The molecule has 1 aliphatic heterocycles. The van der Waals surface area contributed by atoms with Crippen molar-refractivity contribution in [2.75, 3.05) is 6.54 Å². The third kappa shape index (κ3) is 3.32. The van der Waals surface area contributed by atoms with E-state index in [9.17, 15) is 9.90 Å². The van der Waals surface area contributed by atoms with Crippen molar-refractivity contribution in [3.8, 4) is 0 Å². The van der Waals surface area contributed by atoms with Gasteiger partial charge in [0.1, 0.15) is 0 Å². The van der Waals surface area contributed by atoms with E-state index in [0.717, 1.165) is 43.5 Å². The monoisotopic (exact) mass is 307 g/mol. The molecule has 1 aromatic rings. The molecule has 1 N–H and O–H groups in total. The van der Waals surface area contributed by atoms with Gasteiger partial charge in [-0.3, -0.25) is 4.79 Å². The molecule has 0 bridgehead atoms. The fourth-order valence-corrected chi connectivity index (χ4v) is 4.73. The molecule has 1 amide bonds. The van der Waals surface area contributed by atoms with Crippen LogP contribution < -0.4 is 0 Å². The quantitative estimate of drug-likeness (QED) is 0.932. The van der Waals surface area contributed by atoms with E-state index in [1.165, 1.54) is 0 Å². The van der Waals surface area contributed by atoms with Gasteiger partial charge in [0.2, 0.25) is 5.91 Å². The Balaban J connectivity index is 1.68. The van der Waals surface area contributed by atoms with Crippen LogP contribution in [0.3, 0.4) is 0 Å². The normalized spacial score (nSPS) is 33.3. The predicted octanol–water partition coefficient (Wildman–Crippen LogP) is 3.08. The molecule has 0 radical (unpaired) electrons. The van der Waals surface area contributed by atoms with Gasteiger partial charge in [-0.05, 0) is 49.5 Å². The Morgan fingerprint density at radius 1 is 1.43 bits per heavy atom. The van der Waals surface area contributed by atoms with Crippen molar-refractivity contribution in [2.45, 2.75) is 57.6 Å². The van der Waals surface area contributed by atoms with Gasteiger partial charge < -0.3 is 10.0 Å². The second-order valence-corrected chi connectivity index (χ2v) is 7.73. The van der Waals surface area contributed by atoms with Crippen LogP contribution in [-0.2, 0) is 11.2 Å². The summed E-state index contributed by atoms with van der Waals surface area (Å²) in [4.78, 5) is 15.8. The van der Waals surface area contributed by atoms with Gasteiger partial charge >= 0.3 is 0 Å². The topological polar surface area (TPSA) is 40.5 Å². The van der Waals surface area contributed by atoms with Crippen LogP contribution in [0.15, 0.2) is 17.5 Å². The molecule has 1 saturated carbocycles. The maximum Gasteiger partial charge on any atom is 0.228 e. The van der Waals surface area contributed by atoms with E-state index < -0.39 is 0 Å². The van der Waals surface area contributed by atoms with Gasteiger partial charge in [-0.1, -0.05) is 13.0 Å². The summed E-state index contributed by atoms with van der Waals surface area (Å²) in [7, 11) is 0. The third-order valence-electron chi connectivity index (χ3n) is 5.14. The highest BCUT2D eigenvalue weighted by molar-refractivity contribution is 7.10. The number of nitrogens with zero attached hydrogens (tertiary/aromatic N) is 1. The third-order valence-corrected chi connectivity index (χ3v) is 6.02. The lowest BCUT2D eigenvalue weighted by atomic mass is 9.76. The van der Waals surface area contributed by atoms with Crippen molar-refractivity contribution in [1.82, 2.24) is 4.90 Å². The first-order valence-electron chi connectivity index (χ1n) is 8.15. The van der Waals surface area contributed by atoms with Gasteiger partial charge in [-0.25, -0.2) is 0 Å². The van der Waals surface area contributed by atoms with Crippen molar-refractivity contribution in [2.24, 2.45) is 11.8 Å². The fourth-order valence-electron chi connectivity index (χ4n) is 4.03. The highest BCUT2D eigenvalue weighted by Gasteiger charge is 2.40. The maximum absolute atomic E-state index is 12.6. The van der Waals surface area contributed by atoms with Crippen molar-refractivity contribution in [3.63, 3.8) is 0 Å². The van der Waals surface area contributed by atoms with Crippen molar-refractivity contribution >= 4 is 17.2 Å².